The van der Waals surface area contributed by atoms with Crippen LogP contribution >= 0.6 is 0 Å². The molecule has 0 amide bonds. The highest BCUT2D eigenvalue weighted by atomic mass is 16.5. The van der Waals surface area contributed by atoms with Gasteiger partial charge in [-0.15, -0.1) is 0 Å². The van der Waals surface area contributed by atoms with E-state index < -0.39 is 0 Å². The van der Waals surface area contributed by atoms with E-state index in [9.17, 15) is 4.79 Å². The maximum Gasteiger partial charge on any atom is 0.306 e. The summed E-state index contributed by atoms with van der Waals surface area (Å²) in [6.45, 7) is 7.00. The molecule has 0 fully saturated rings. The summed E-state index contributed by atoms with van der Waals surface area (Å²) in [6, 6.07) is 0. The molecular formula is C22H44O2. The van der Waals surface area contributed by atoms with Gasteiger partial charge in [0.05, 0.1) is 6.61 Å². The van der Waals surface area contributed by atoms with Gasteiger partial charge >= 0.3 is 5.97 Å². The number of hydrogen-bond acceptors (Lipinski definition) is 2. The van der Waals surface area contributed by atoms with Gasteiger partial charge in [0, 0.05) is 6.42 Å². The molecule has 0 spiro atoms. The molecule has 0 rings (SSSR count). The van der Waals surface area contributed by atoms with E-state index in [1.54, 1.807) is 0 Å². The number of esters is 1. The number of unbranched alkanes of at least 4 members (excludes halogenated alkanes) is 14. The summed E-state index contributed by atoms with van der Waals surface area (Å²) in [6.07, 6.45) is 21.0. The third kappa shape index (κ3) is 19.5. The third-order valence-corrected chi connectivity index (χ3v) is 4.59. The summed E-state index contributed by atoms with van der Waals surface area (Å²) in [5, 5.41) is 0. The van der Waals surface area contributed by atoms with Crippen molar-refractivity contribution in [1.82, 2.24) is 0 Å². The normalized spacial score (nSPS) is 11.2. The molecule has 0 aliphatic heterocycles. The Morgan fingerprint density at radius 3 is 1.42 bits per heavy atom. The zero-order valence-electron chi connectivity index (χ0n) is 16.9. The van der Waals surface area contributed by atoms with E-state index >= 15 is 0 Å². The van der Waals surface area contributed by atoms with Crippen molar-refractivity contribution in [3.05, 3.63) is 0 Å². The maximum absolute atomic E-state index is 11.4. The van der Waals surface area contributed by atoms with Crippen LogP contribution in [0.2, 0.25) is 0 Å². The van der Waals surface area contributed by atoms with Gasteiger partial charge in [0.25, 0.3) is 0 Å². The quantitative estimate of drug-likeness (QED) is 0.191. The summed E-state index contributed by atoms with van der Waals surface area (Å²) in [5.41, 5.74) is 0. The smallest absolute Gasteiger partial charge is 0.306 e. The minimum atomic E-state index is -0.0321. The maximum atomic E-state index is 11.4. The van der Waals surface area contributed by atoms with Gasteiger partial charge < -0.3 is 4.74 Å². The van der Waals surface area contributed by atoms with E-state index in [-0.39, 0.29) is 5.97 Å². The first-order chi connectivity index (χ1) is 11.7. The van der Waals surface area contributed by atoms with Crippen LogP contribution in [0.4, 0.5) is 0 Å². The lowest BCUT2D eigenvalue weighted by molar-refractivity contribution is -0.144. The van der Waals surface area contributed by atoms with Crippen molar-refractivity contribution >= 4 is 5.97 Å². The molecule has 0 aromatic heterocycles. The molecule has 0 radical (unpaired) electrons. The van der Waals surface area contributed by atoms with Crippen LogP contribution in [0.15, 0.2) is 0 Å². The van der Waals surface area contributed by atoms with E-state index in [0.29, 0.717) is 18.9 Å². The highest BCUT2D eigenvalue weighted by Gasteiger charge is 2.05. The Bertz CT molecular complexity index is 261. The molecule has 0 aromatic carbocycles. The van der Waals surface area contributed by atoms with Gasteiger partial charge in [0.2, 0.25) is 0 Å². The highest BCUT2D eigenvalue weighted by molar-refractivity contribution is 5.69. The van der Waals surface area contributed by atoms with Crippen LogP contribution in [0.1, 0.15) is 124 Å². The minimum Gasteiger partial charge on any atom is -0.466 e. The zero-order valence-corrected chi connectivity index (χ0v) is 16.9. The van der Waals surface area contributed by atoms with Gasteiger partial charge in [-0.25, -0.2) is 0 Å². The van der Waals surface area contributed by atoms with Crippen molar-refractivity contribution < 1.29 is 9.53 Å². The van der Waals surface area contributed by atoms with Crippen LogP contribution in [-0.4, -0.2) is 12.6 Å². The molecule has 24 heavy (non-hydrogen) atoms. The number of rotatable bonds is 18. The van der Waals surface area contributed by atoms with Crippen LogP contribution in [-0.2, 0) is 9.53 Å². The second-order valence-electron chi connectivity index (χ2n) is 7.77. The average molecular weight is 341 g/mol. The molecular weight excluding hydrogens is 296 g/mol. The lowest BCUT2D eigenvalue weighted by atomic mass is 10.0. The Kier molecular flexibility index (Phi) is 18.4. The molecule has 2 heteroatoms. The van der Waals surface area contributed by atoms with Crippen LogP contribution in [0.5, 0.6) is 0 Å². The number of hydrogen-bond donors (Lipinski definition) is 0. The molecule has 0 N–H and O–H groups in total. The van der Waals surface area contributed by atoms with Crippen LogP contribution in [0, 0.1) is 5.92 Å². The Labute approximate surface area is 152 Å². The lowest BCUT2D eigenvalue weighted by Gasteiger charge is -2.06. The first-order valence-corrected chi connectivity index (χ1v) is 10.8. The van der Waals surface area contributed by atoms with Crippen LogP contribution in [0.3, 0.4) is 0 Å². The zero-order chi connectivity index (χ0) is 17.9. The van der Waals surface area contributed by atoms with E-state index in [4.69, 9.17) is 4.74 Å². The van der Waals surface area contributed by atoms with Crippen molar-refractivity contribution in [2.24, 2.45) is 5.92 Å². The van der Waals surface area contributed by atoms with Gasteiger partial charge in [-0.3, -0.25) is 4.79 Å². The molecule has 144 valence electrons. The number of ether oxygens (including phenoxy) is 1. The molecule has 0 saturated heterocycles. The topological polar surface area (TPSA) is 26.3 Å². The summed E-state index contributed by atoms with van der Waals surface area (Å²) in [7, 11) is 0. The molecule has 0 aliphatic carbocycles. The van der Waals surface area contributed by atoms with Gasteiger partial charge in [-0.1, -0.05) is 111 Å². The number of carbonyl (C=O) groups excluding carboxylic acids is 1. The fraction of sp³-hybridized carbons (Fsp3) is 0.955. The molecule has 0 aromatic rings. The Morgan fingerprint density at radius 2 is 1.04 bits per heavy atom. The van der Waals surface area contributed by atoms with E-state index in [1.165, 1.54) is 89.9 Å². The van der Waals surface area contributed by atoms with Crippen molar-refractivity contribution in [2.45, 2.75) is 124 Å². The number of carbonyl (C=O) groups is 1. The first kappa shape index (κ1) is 23.5. The fourth-order valence-corrected chi connectivity index (χ4v) is 3.05. The molecule has 0 unspecified atom stereocenters. The molecule has 0 saturated carbocycles. The predicted molar refractivity (Wildman–Crippen MR) is 105 cm³/mol. The largest absolute Gasteiger partial charge is 0.466 e. The monoisotopic (exact) mass is 340 g/mol. The second kappa shape index (κ2) is 18.8. The van der Waals surface area contributed by atoms with E-state index in [2.05, 4.69) is 20.8 Å². The third-order valence-electron chi connectivity index (χ3n) is 4.59. The molecule has 0 bridgehead atoms. The summed E-state index contributed by atoms with van der Waals surface area (Å²) < 4.78 is 5.23. The van der Waals surface area contributed by atoms with Gasteiger partial charge in [0.15, 0.2) is 0 Å². The Morgan fingerprint density at radius 1 is 0.667 bits per heavy atom. The van der Waals surface area contributed by atoms with E-state index in [0.717, 1.165) is 6.42 Å². The van der Waals surface area contributed by atoms with Gasteiger partial charge in [-0.05, 0) is 12.3 Å². The van der Waals surface area contributed by atoms with Gasteiger partial charge in [-0.2, -0.15) is 0 Å². The van der Waals surface area contributed by atoms with Crippen molar-refractivity contribution in [1.29, 1.82) is 0 Å². The average Bonchev–Trinajstić information content (AvgIpc) is 2.53. The predicted octanol–water partition coefficient (Wildman–Crippen LogP) is 7.45. The summed E-state index contributed by atoms with van der Waals surface area (Å²) >= 11 is 0. The molecule has 0 aliphatic rings. The Hall–Kier alpha value is -0.530. The Balaban J connectivity index is 3.06. The van der Waals surface area contributed by atoms with Crippen molar-refractivity contribution in [3.63, 3.8) is 0 Å². The van der Waals surface area contributed by atoms with Gasteiger partial charge in [0.1, 0.15) is 0 Å². The van der Waals surface area contributed by atoms with E-state index in [1.807, 2.05) is 0 Å². The SMILES string of the molecule is CCCCCCCCCCCCCCCCCOC(=O)CC(C)C. The lowest BCUT2D eigenvalue weighted by Crippen LogP contribution is -2.08. The standard InChI is InChI=1S/C22H44O2/c1-4-5-6-7-8-9-10-11-12-13-14-15-16-17-18-19-24-22(23)20-21(2)3/h21H,4-20H2,1-3H3. The molecule has 0 heterocycles. The van der Waals surface area contributed by atoms with Crippen LogP contribution in [0.25, 0.3) is 0 Å². The highest BCUT2D eigenvalue weighted by Crippen LogP contribution is 2.13. The molecule has 2 nitrogen and oxygen atoms in total. The summed E-state index contributed by atoms with van der Waals surface area (Å²) in [4.78, 5) is 11.4. The molecule has 0 atom stereocenters. The first-order valence-electron chi connectivity index (χ1n) is 10.8. The summed E-state index contributed by atoms with van der Waals surface area (Å²) in [5.74, 6) is 0.369. The van der Waals surface area contributed by atoms with Crippen molar-refractivity contribution in [2.75, 3.05) is 6.61 Å². The minimum absolute atomic E-state index is 0.0321. The fourth-order valence-electron chi connectivity index (χ4n) is 3.05. The van der Waals surface area contributed by atoms with Crippen molar-refractivity contribution in [3.8, 4) is 0 Å². The second-order valence-corrected chi connectivity index (χ2v) is 7.77. The van der Waals surface area contributed by atoms with Crippen LogP contribution < -0.4 is 0 Å².